The minimum Gasteiger partial charge on any atom is -0.354 e. The Morgan fingerprint density at radius 3 is 2.40 bits per heavy atom. The first kappa shape index (κ1) is 21.4. The van der Waals surface area contributed by atoms with Crippen molar-refractivity contribution in [3.8, 4) is 0 Å². The molecule has 3 heterocycles. The van der Waals surface area contributed by atoms with Gasteiger partial charge in [0.05, 0.1) is 10.6 Å². The first-order valence-electron chi connectivity index (χ1n) is 10.8. The van der Waals surface area contributed by atoms with Crippen molar-refractivity contribution in [2.45, 2.75) is 32.2 Å². The van der Waals surface area contributed by atoms with Crippen molar-refractivity contribution in [3.05, 3.63) is 57.7 Å². The molecule has 1 amide bonds. The summed E-state index contributed by atoms with van der Waals surface area (Å²) in [6.07, 6.45) is 6.08. The fourth-order valence-electron chi connectivity index (χ4n) is 4.25. The second kappa shape index (κ2) is 9.99. The molecule has 2 aliphatic heterocycles. The molecule has 160 valence electrons. The van der Waals surface area contributed by atoms with E-state index in [2.05, 4.69) is 26.9 Å². The maximum atomic E-state index is 12.7. The molecule has 5 nitrogen and oxygen atoms in total. The Morgan fingerprint density at radius 1 is 0.900 bits per heavy atom. The Hall–Kier alpha value is -1.82. The Kier molecular flexibility index (Phi) is 7.13. The molecule has 0 bridgehead atoms. The zero-order valence-electron chi connectivity index (χ0n) is 17.2. The van der Waals surface area contributed by atoms with Crippen LogP contribution in [0.3, 0.4) is 0 Å². The molecular weight excluding hydrogens is 419 g/mol. The SMILES string of the molecule is O=C(c1cnc(N2CCCN(Cc3ccc(Cl)cc3)CC2)c(Cl)c1)N1CCCCC1. The van der Waals surface area contributed by atoms with E-state index in [0.717, 1.165) is 75.9 Å². The summed E-state index contributed by atoms with van der Waals surface area (Å²) in [5.41, 5.74) is 1.86. The average Bonchev–Trinajstić information content (AvgIpc) is 3.01. The standard InChI is InChI=1S/C23H28Cl2N4O/c24-20-7-5-18(6-8-20)17-27-9-4-12-28(14-13-27)22-21(25)15-19(16-26-22)23(30)29-10-2-1-3-11-29/h5-8,15-16H,1-4,9-14,17H2. The second-order valence-corrected chi connectivity index (χ2v) is 8.97. The van der Waals surface area contributed by atoms with Gasteiger partial charge >= 0.3 is 0 Å². The van der Waals surface area contributed by atoms with Gasteiger partial charge in [0.2, 0.25) is 0 Å². The summed E-state index contributed by atoms with van der Waals surface area (Å²) in [5, 5.41) is 1.33. The molecule has 2 saturated heterocycles. The van der Waals surface area contributed by atoms with Crippen LogP contribution in [0.5, 0.6) is 0 Å². The van der Waals surface area contributed by atoms with E-state index in [0.29, 0.717) is 10.6 Å². The highest BCUT2D eigenvalue weighted by Crippen LogP contribution is 2.26. The van der Waals surface area contributed by atoms with Crippen LogP contribution < -0.4 is 4.90 Å². The predicted molar refractivity (Wildman–Crippen MR) is 123 cm³/mol. The van der Waals surface area contributed by atoms with Crippen LogP contribution in [-0.2, 0) is 6.54 Å². The molecule has 2 aliphatic rings. The fraction of sp³-hybridized carbons (Fsp3) is 0.478. The van der Waals surface area contributed by atoms with Gasteiger partial charge in [-0.05, 0) is 49.4 Å². The number of likely N-dealkylation sites (tertiary alicyclic amines) is 1. The quantitative estimate of drug-likeness (QED) is 0.680. The van der Waals surface area contributed by atoms with Gasteiger partial charge in [-0.2, -0.15) is 0 Å². The molecule has 2 fully saturated rings. The molecule has 0 unspecified atom stereocenters. The summed E-state index contributed by atoms with van der Waals surface area (Å²) in [5.74, 6) is 0.820. The predicted octanol–water partition coefficient (Wildman–Crippen LogP) is 4.73. The number of aromatic nitrogens is 1. The van der Waals surface area contributed by atoms with E-state index >= 15 is 0 Å². The van der Waals surface area contributed by atoms with Crippen LogP contribution in [0.1, 0.15) is 41.6 Å². The van der Waals surface area contributed by atoms with Crippen molar-refractivity contribution in [2.75, 3.05) is 44.2 Å². The summed E-state index contributed by atoms with van der Waals surface area (Å²) < 4.78 is 0. The van der Waals surface area contributed by atoms with Crippen LogP contribution in [-0.4, -0.2) is 60.0 Å². The number of benzene rings is 1. The maximum absolute atomic E-state index is 12.7. The molecular formula is C23H28Cl2N4O. The largest absolute Gasteiger partial charge is 0.354 e. The molecule has 1 aromatic carbocycles. The summed E-state index contributed by atoms with van der Waals surface area (Å²) in [4.78, 5) is 23.9. The van der Waals surface area contributed by atoms with E-state index in [9.17, 15) is 4.79 Å². The van der Waals surface area contributed by atoms with Crippen LogP contribution >= 0.6 is 23.2 Å². The van der Waals surface area contributed by atoms with Gasteiger partial charge in [0.1, 0.15) is 5.82 Å². The van der Waals surface area contributed by atoms with Crippen molar-refractivity contribution >= 4 is 34.9 Å². The van der Waals surface area contributed by atoms with Crippen LogP contribution in [0, 0.1) is 0 Å². The Labute approximate surface area is 188 Å². The highest BCUT2D eigenvalue weighted by molar-refractivity contribution is 6.33. The smallest absolute Gasteiger partial charge is 0.255 e. The van der Waals surface area contributed by atoms with Crippen molar-refractivity contribution in [1.82, 2.24) is 14.8 Å². The van der Waals surface area contributed by atoms with Crippen molar-refractivity contribution in [2.24, 2.45) is 0 Å². The molecule has 0 aliphatic carbocycles. The van der Waals surface area contributed by atoms with Gasteiger partial charge in [-0.15, -0.1) is 0 Å². The number of pyridine rings is 1. The number of hydrogen-bond acceptors (Lipinski definition) is 4. The minimum atomic E-state index is 0.0423. The molecule has 0 radical (unpaired) electrons. The number of nitrogens with zero attached hydrogens (tertiary/aromatic N) is 4. The van der Waals surface area contributed by atoms with E-state index in [1.54, 1.807) is 12.3 Å². The molecule has 0 spiro atoms. The summed E-state index contributed by atoms with van der Waals surface area (Å²) in [6, 6.07) is 9.84. The van der Waals surface area contributed by atoms with Crippen LogP contribution in [0.15, 0.2) is 36.5 Å². The van der Waals surface area contributed by atoms with Crippen LogP contribution in [0.2, 0.25) is 10.0 Å². The summed E-state index contributed by atoms with van der Waals surface area (Å²) in [6.45, 7) is 6.30. The zero-order valence-corrected chi connectivity index (χ0v) is 18.7. The molecule has 30 heavy (non-hydrogen) atoms. The molecule has 0 atom stereocenters. The molecule has 4 rings (SSSR count). The van der Waals surface area contributed by atoms with E-state index in [1.807, 2.05) is 17.0 Å². The lowest BCUT2D eigenvalue weighted by atomic mass is 10.1. The maximum Gasteiger partial charge on any atom is 0.255 e. The molecule has 7 heteroatoms. The topological polar surface area (TPSA) is 39.7 Å². The highest BCUT2D eigenvalue weighted by Gasteiger charge is 2.22. The number of hydrogen-bond donors (Lipinski definition) is 0. The Morgan fingerprint density at radius 2 is 1.67 bits per heavy atom. The minimum absolute atomic E-state index is 0.0423. The molecule has 1 aromatic heterocycles. The fourth-order valence-corrected chi connectivity index (χ4v) is 4.66. The monoisotopic (exact) mass is 446 g/mol. The lowest BCUT2D eigenvalue weighted by Crippen LogP contribution is -2.35. The zero-order chi connectivity index (χ0) is 20.9. The van der Waals surface area contributed by atoms with E-state index < -0.39 is 0 Å². The van der Waals surface area contributed by atoms with Crippen molar-refractivity contribution in [1.29, 1.82) is 0 Å². The van der Waals surface area contributed by atoms with Gasteiger partial charge in [0, 0.05) is 57.0 Å². The number of anilines is 1. The number of rotatable bonds is 4. The van der Waals surface area contributed by atoms with Crippen molar-refractivity contribution in [3.63, 3.8) is 0 Å². The molecule has 0 saturated carbocycles. The molecule has 2 aromatic rings. The van der Waals surface area contributed by atoms with E-state index in [4.69, 9.17) is 23.2 Å². The van der Waals surface area contributed by atoms with E-state index in [1.165, 1.54) is 12.0 Å². The third-order valence-electron chi connectivity index (χ3n) is 5.92. The second-order valence-electron chi connectivity index (χ2n) is 8.13. The Balaban J connectivity index is 1.39. The van der Waals surface area contributed by atoms with Gasteiger partial charge in [0.25, 0.3) is 5.91 Å². The van der Waals surface area contributed by atoms with Gasteiger partial charge in [-0.3, -0.25) is 9.69 Å². The van der Waals surface area contributed by atoms with Gasteiger partial charge < -0.3 is 9.80 Å². The number of amides is 1. The average molecular weight is 447 g/mol. The number of carbonyl (C=O) groups excluding carboxylic acids is 1. The van der Waals surface area contributed by atoms with Gasteiger partial charge in [-0.25, -0.2) is 4.98 Å². The van der Waals surface area contributed by atoms with E-state index in [-0.39, 0.29) is 5.91 Å². The number of piperidine rings is 1. The first-order valence-corrected chi connectivity index (χ1v) is 11.5. The van der Waals surface area contributed by atoms with Gasteiger partial charge in [0.15, 0.2) is 0 Å². The first-order chi connectivity index (χ1) is 14.6. The summed E-state index contributed by atoms with van der Waals surface area (Å²) >= 11 is 12.6. The summed E-state index contributed by atoms with van der Waals surface area (Å²) in [7, 11) is 0. The number of carbonyl (C=O) groups is 1. The molecule has 0 N–H and O–H groups in total. The normalized spacial score (nSPS) is 18.3. The third kappa shape index (κ3) is 5.26. The highest BCUT2D eigenvalue weighted by atomic mass is 35.5. The lowest BCUT2D eigenvalue weighted by molar-refractivity contribution is 0.0724. The van der Waals surface area contributed by atoms with Crippen molar-refractivity contribution < 1.29 is 4.79 Å². The third-order valence-corrected chi connectivity index (χ3v) is 6.45. The lowest BCUT2D eigenvalue weighted by Gasteiger charge is -2.27. The van der Waals surface area contributed by atoms with Crippen LogP contribution in [0.4, 0.5) is 5.82 Å². The Bertz CT molecular complexity index is 868. The van der Waals surface area contributed by atoms with Gasteiger partial charge in [-0.1, -0.05) is 35.3 Å². The number of halogens is 2. The van der Waals surface area contributed by atoms with Crippen LogP contribution in [0.25, 0.3) is 0 Å².